The number of allylic oxidation sites excluding steroid dienone is 2. The highest BCUT2D eigenvalue weighted by Crippen LogP contribution is 2.56. The minimum Gasteiger partial charge on any atom is -0.126 e. The summed E-state index contributed by atoms with van der Waals surface area (Å²) in [6.07, 6.45) is 1.31. The topological polar surface area (TPSA) is 0 Å². The standard InChI is InChI=1S/C9H8Cl4/c1-3-7-5-4-6(2)8(10,11)9(7,12)13/h1-2,4-5H2. The predicted molar refractivity (Wildman–Crippen MR) is 59.9 cm³/mol. The van der Waals surface area contributed by atoms with Crippen molar-refractivity contribution in [3.8, 4) is 0 Å². The summed E-state index contributed by atoms with van der Waals surface area (Å²) in [6.45, 7) is 7.23. The Balaban J connectivity index is 3.21. The fourth-order valence-corrected chi connectivity index (χ4v) is 2.21. The Kier molecular flexibility index (Phi) is 3.12. The second kappa shape index (κ2) is 3.53. The van der Waals surface area contributed by atoms with Crippen molar-refractivity contribution in [3.63, 3.8) is 0 Å². The van der Waals surface area contributed by atoms with Gasteiger partial charge in [-0.05, 0) is 18.4 Å². The Labute approximate surface area is 97.8 Å². The maximum absolute atomic E-state index is 6.03. The van der Waals surface area contributed by atoms with Gasteiger partial charge < -0.3 is 0 Å². The van der Waals surface area contributed by atoms with Crippen molar-refractivity contribution in [1.82, 2.24) is 0 Å². The minimum atomic E-state index is -1.37. The summed E-state index contributed by atoms with van der Waals surface area (Å²) in [5, 5.41) is 0. The summed E-state index contributed by atoms with van der Waals surface area (Å²) < 4.78 is -2.72. The van der Waals surface area contributed by atoms with Crippen LogP contribution in [0.5, 0.6) is 0 Å². The lowest BCUT2D eigenvalue weighted by molar-refractivity contribution is 0.667. The van der Waals surface area contributed by atoms with Gasteiger partial charge in [-0.2, -0.15) is 0 Å². The average molecular weight is 258 g/mol. The Morgan fingerprint density at radius 1 is 1.08 bits per heavy atom. The molecule has 0 aromatic carbocycles. The van der Waals surface area contributed by atoms with E-state index >= 15 is 0 Å². The highest BCUT2D eigenvalue weighted by atomic mass is 35.5. The largest absolute Gasteiger partial charge is 0.182 e. The third-order valence-electron chi connectivity index (χ3n) is 2.11. The van der Waals surface area contributed by atoms with Crippen molar-refractivity contribution in [2.24, 2.45) is 0 Å². The van der Waals surface area contributed by atoms with Crippen molar-refractivity contribution < 1.29 is 0 Å². The van der Waals surface area contributed by atoms with Crippen LogP contribution in [-0.4, -0.2) is 8.67 Å². The fraction of sp³-hybridized carbons (Fsp3) is 0.444. The Morgan fingerprint density at radius 2 is 1.62 bits per heavy atom. The highest BCUT2D eigenvalue weighted by Gasteiger charge is 2.54. The molecular weight excluding hydrogens is 250 g/mol. The molecule has 0 aliphatic heterocycles. The van der Waals surface area contributed by atoms with Crippen LogP contribution in [0.4, 0.5) is 0 Å². The summed E-state index contributed by atoms with van der Waals surface area (Å²) in [5.41, 5.74) is 3.91. The van der Waals surface area contributed by atoms with Crippen molar-refractivity contribution in [2.45, 2.75) is 21.5 Å². The molecule has 1 rings (SSSR count). The first kappa shape index (κ1) is 11.5. The smallest absolute Gasteiger partial charge is 0.126 e. The van der Waals surface area contributed by atoms with Crippen LogP contribution in [0, 0.1) is 0 Å². The number of rotatable bonds is 0. The molecule has 0 aromatic rings. The summed E-state index contributed by atoms with van der Waals surface area (Å²) in [5.74, 6) is 0. The second-order valence-corrected chi connectivity index (χ2v) is 5.56. The van der Waals surface area contributed by atoms with Crippen molar-refractivity contribution in [2.75, 3.05) is 0 Å². The van der Waals surface area contributed by atoms with Gasteiger partial charge in [0.2, 0.25) is 0 Å². The van der Waals surface area contributed by atoms with E-state index in [1.54, 1.807) is 0 Å². The molecule has 1 saturated carbocycles. The molecule has 0 saturated heterocycles. The van der Waals surface area contributed by atoms with Gasteiger partial charge in [-0.1, -0.05) is 59.6 Å². The van der Waals surface area contributed by atoms with Crippen LogP contribution < -0.4 is 0 Å². The maximum atomic E-state index is 6.03. The third-order valence-corrected chi connectivity index (χ3v) is 4.62. The molecule has 0 amide bonds. The monoisotopic (exact) mass is 256 g/mol. The van der Waals surface area contributed by atoms with Gasteiger partial charge in [-0.15, -0.1) is 5.73 Å². The van der Waals surface area contributed by atoms with Crippen LogP contribution in [-0.2, 0) is 0 Å². The Morgan fingerprint density at radius 3 is 2.08 bits per heavy atom. The molecule has 1 aliphatic rings. The van der Waals surface area contributed by atoms with E-state index in [0.717, 1.165) is 0 Å². The van der Waals surface area contributed by atoms with E-state index in [2.05, 4.69) is 18.9 Å². The van der Waals surface area contributed by atoms with E-state index in [0.29, 0.717) is 24.0 Å². The van der Waals surface area contributed by atoms with Crippen molar-refractivity contribution >= 4 is 46.4 Å². The quantitative estimate of drug-likeness (QED) is 0.343. The van der Waals surface area contributed by atoms with Crippen LogP contribution in [0.1, 0.15) is 12.8 Å². The SMILES string of the molecule is C=C=C1CCC(=C)C(Cl)(Cl)C1(Cl)Cl. The maximum Gasteiger partial charge on any atom is 0.182 e. The lowest BCUT2D eigenvalue weighted by atomic mass is 9.90. The van der Waals surface area contributed by atoms with Crippen molar-refractivity contribution in [3.05, 3.63) is 30.0 Å². The molecule has 1 aliphatic carbocycles. The molecule has 1 fully saturated rings. The molecule has 0 atom stereocenters. The predicted octanol–water partition coefficient (Wildman–Crippen LogP) is 4.40. The van der Waals surface area contributed by atoms with Gasteiger partial charge in [0, 0.05) is 5.57 Å². The number of alkyl halides is 4. The molecule has 0 spiro atoms. The summed E-state index contributed by atoms with van der Waals surface area (Å²) >= 11 is 24.1. The van der Waals surface area contributed by atoms with Gasteiger partial charge in [-0.3, -0.25) is 0 Å². The zero-order valence-corrected chi connectivity index (χ0v) is 9.86. The first-order valence-corrected chi connectivity index (χ1v) is 5.18. The molecule has 0 aromatic heterocycles. The molecule has 13 heavy (non-hydrogen) atoms. The van der Waals surface area contributed by atoms with Gasteiger partial charge in [0.25, 0.3) is 0 Å². The summed E-state index contributed by atoms with van der Waals surface area (Å²) in [4.78, 5) is 0. The van der Waals surface area contributed by atoms with E-state index in [1.807, 2.05) is 0 Å². The summed E-state index contributed by atoms with van der Waals surface area (Å²) in [6, 6.07) is 0. The molecule has 0 unspecified atom stereocenters. The average Bonchev–Trinajstić information content (AvgIpc) is 2.02. The van der Waals surface area contributed by atoms with Crippen LogP contribution >= 0.6 is 46.4 Å². The Bertz CT molecular complexity index is 295. The van der Waals surface area contributed by atoms with E-state index < -0.39 is 8.67 Å². The zero-order valence-electron chi connectivity index (χ0n) is 6.84. The first-order chi connectivity index (χ1) is 5.84. The van der Waals surface area contributed by atoms with Crippen molar-refractivity contribution in [1.29, 1.82) is 0 Å². The minimum absolute atomic E-state index is 0.619. The molecule has 4 heteroatoms. The van der Waals surface area contributed by atoms with E-state index in [-0.39, 0.29) is 0 Å². The number of hydrogen-bond acceptors (Lipinski definition) is 0. The van der Waals surface area contributed by atoms with Crippen LogP contribution in [0.2, 0.25) is 0 Å². The molecule has 72 valence electrons. The van der Waals surface area contributed by atoms with Crippen LogP contribution in [0.3, 0.4) is 0 Å². The lowest BCUT2D eigenvalue weighted by Crippen LogP contribution is -2.42. The first-order valence-electron chi connectivity index (χ1n) is 3.67. The molecule has 0 nitrogen and oxygen atoms in total. The van der Waals surface area contributed by atoms with Gasteiger partial charge >= 0.3 is 0 Å². The van der Waals surface area contributed by atoms with Gasteiger partial charge in [-0.25, -0.2) is 0 Å². The van der Waals surface area contributed by atoms with E-state index in [1.165, 1.54) is 0 Å². The van der Waals surface area contributed by atoms with E-state index in [9.17, 15) is 0 Å². The summed E-state index contributed by atoms with van der Waals surface area (Å²) in [7, 11) is 0. The number of hydrogen-bond donors (Lipinski definition) is 0. The molecule has 0 radical (unpaired) electrons. The lowest BCUT2D eigenvalue weighted by Gasteiger charge is -2.39. The zero-order chi connectivity index (χ0) is 10.3. The van der Waals surface area contributed by atoms with E-state index in [4.69, 9.17) is 46.4 Å². The fourth-order valence-electron chi connectivity index (χ4n) is 1.20. The third kappa shape index (κ3) is 1.67. The number of halogens is 4. The Hall–Kier alpha value is 0.420. The molecule has 0 bridgehead atoms. The molecular formula is C9H8Cl4. The molecule has 0 heterocycles. The van der Waals surface area contributed by atoms with Crippen LogP contribution in [0.15, 0.2) is 30.0 Å². The molecule has 0 N–H and O–H groups in total. The normalized spacial score (nSPS) is 25.5. The van der Waals surface area contributed by atoms with Gasteiger partial charge in [0.05, 0.1) is 0 Å². The van der Waals surface area contributed by atoms with Gasteiger partial charge in [0.15, 0.2) is 8.67 Å². The highest BCUT2D eigenvalue weighted by molar-refractivity contribution is 6.65. The second-order valence-electron chi connectivity index (χ2n) is 2.91. The van der Waals surface area contributed by atoms with Crippen LogP contribution in [0.25, 0.3) is 0 Å². The van der Waals surface area contributed by atoms with Gasteiger partial charge in [0.1, 0.15) is 0 Å².